The van der Waals surface area contributed by atoms with Gasteiger partial charge in [-0.1, -0.05) is 23.7 Å². The van der Waals surface area contributed by atoms with E-state index in [4.69, 9.17) is 16.3 Å². The molecular formula is C18H25ClN4O2. The van der Waals surface area contributed by atoms with Crippen LogP contribution in [0.5, 0.6) is 11.5 Å². The van der Waals surface area contributed by atoms with Gasteiger partial charge in [-0.2, -0.15) is 0 Å². The van der Waals surface area contributed by atoms with Crippen molar-refractivity contribution < 1.29 is 9.84 Å². The minimum atomic E-state index is 0.126. The molecule has 0 unspecified atom stereocenters. The van der Waals surface area contributed by atoms with Crippen molar-refractivity contribution in [2.45, 2.75) is 20.0 Å². The van der Waals surface area contributed by atoms with Gasteiger partial charge in [0.15, 0.2) is 17.5 Å². The molecule has 2 aromatic rings. The maximum Gasteiger partial charge on any atom is 0.194 e. The summed E-state index contributed by atoms with van der Waals surface area (Å²) in [5.41, 5.74) is 1.80. The molecule has 1 aromatic carbocycles. The molecule has 2 N–H and O–H groups in total. The van der Waals surface area contributed by atoms with Crippen LogP contribution in [0.3, 0.4) is 0 Å². The lowest BCUT2D eigenvalue weighted by Gasteiger charge is -2.22. The first-order chi connectivity index (χ1) is 12.0. The molecule has 1 heterocycles. The average Bonchev–Trinajstić information content (AvgIpc) is 2.89. The Labute approximate surface area is 153 Å². The second-order valence-corrected chi connectivity index (χ2v) is 6.19. The van der Waals surface area contributed by atoms with Crippen LogP contribution in [0.15, 0.2) is 35.5 Å². The van der Waals surface area contributed by atoms with Crippen LogP contribution in [0, 0.1) is 0 Å². The van der Waals surface area contributed by atoms with E-state index in [1.807, 2.05) is 54.9 Å². The molecule has 0 saturated carbocycles. The first-order valence-corrected chi connectivity index (χ1v) is 8.49. The number of guanidine groups is 1. The molecule has 0 radical (unpaired) electrons. The summed E-state index contributed by atoms with van der Waals surface area (Å²) in [5, 5.41) is 14.2. The van der Waals surface area contributed by atoms with Crippen molar-refractivity contribution in [3.05, 3.63) is 46.7 Å². The van der Waals surface area contributed by atoms with Gasteiger partial charge in [0.25, 0.3) is 0 Å². The molecule has 25 heavy (non-hydrogen) atoms. The number of phenolic OH excluding ortho intramolecular Hbond substituents is 1. The Morgan fingerprint density at radius 3 is 2.80 bits per heavy atom. The zero-order valence-electron chi connectivity index (χ0n) is 15.1. The molecule has 0 bridgehead atoms. The van der Waals surface area contributed by atoms with Crippen molar-refractivity contribution in [2.24, 2.45) is 12.0 Å². The Hall–Kier alpha value is -2.34. The Morgan fingerprint density at radius 2 is 2.20 bits per heavy atom. The highest BCUT2D eigenvalue weighted by atomic mass is 35.5. The normalized spacial score (nSPS) is 11.5. The highest BCUT2D eigenvalue weighted by Crippen LogP contribution is 2.29. The van der Waals surface area contributed by atoms with Crippen LogP contribution < -0.4 is 10.1 Å². The molecule has 0 saturated heterocycles. The number of hydrogen-bond donors (Lipinski definition) is 2. The van der Waals surface area contributed by atoms with Crippen LogP contribution in [0.2, 0.25) is 5.02 Å². The average molecular weight is 365 g/mol. The third-order valence-electron chi connectivity index (χ3n) is 3.87. The first-order valence-electron chi connectivity index (χ1n) is 8.11. The number of para-hydroxylation sites is 1. The van der Waals surface area contributed by atoms with Crippen LogP contribution in [0.1, 0.15) is 18.2 Å². The maximum absolute atomic E-state index is 10.2. The summed E-state index contributed by atoms with van der Waals surface area (Å²) in [7, 11) is 5.46. The maximum atomic E-state index is 10.2. The minimum Gasteiger partial charge on any atom is -0.504 e. The number of aromatic hydroxyl groups is 1. The van der Waals surface area contributed by atoms with Crippen molar-refractivity contribution in [3.63, 3.8) is 0 Å². The van der Waals surface area contributed by atoms with Crippen molar-refractivity contribution in [1.29, 1.82) is 0 Å². The zero-order chi connectivity index (χ0) is 18.4. The second-order valence-electron chi connectivity index (χ2n) is 5.75. The molecule has 0 spiro atoms. The Balaban J connectivity index is 2.16. The molecule has 6 nitrogen and oxygen atoms in total. The van der Waals surface area contributed by atoms with E-state index in [-0.39, 0.29) is 5.75 Å². The van der Waals surface area contributed by atoms with Gasteiger partial charge in [-0.05, 0) is 19.1 Å². The number of phenols is 1. The Bertz CT molecular complexity index is 743. The molecule has 136 valence electrons. The fourth-order valence-corrected chi connectivity index (χ4v) is 2.80. The highest BCUT2D eigenvalue weighted by molar-refractivity contribution is 6.30. The summed E-state index contributed by atoms with van der Waals surface area (Å²) < 4.78 is 7.14. The van der Waals surface area contributed by atoms with E-state index in [2.05, 4.69) is 10.3 Å². The van der Waals surface area contributed by atoms with Gasteiger partial charge >= 0.3 is 0 Å². The van der Waals surface area contributed by atoms with Gasteiger partial charge in [0.1, 0.15) is 0 Å². The predicted octanol–water partition coefficient (Wildman–Crippen LogP) is 2.99. The third kappa shape index (κ3) is 4.82. The SMILES string of the molecule is CCNC(=NCc1cccc(OC)c1O)N(C)Cc1cc(Cl)cn1C. The van der Waals surface area contributed by atoms with Crippen LogP contribution in [-0.4, -0.2) is 41.2 Å². The molecule has 0 aliphatic heterocycles. The summed E-state index contributed by atoms with van der Waals surface area (Å²) in [4.78, 5) is 6.65. The number of ether oxygens (including phenoxy) is 1. The molecular weight excluding hydrogens is 340 g/mol. The van der Waals surface area contributed by atoms with Gasteiger partial charge in [-0.3, -0.25) is 0 Å². The minimum absolute atomic E-state index is 0.126. The van der Waals surface area contributed by atoms with E-state index in [0.29, 0.717) is 29.4 Å². The van der Waals surface area contributed by atoms with E-state index in [1.54, 1.807) is 6.07 Å². The van der Waals surface area contributed by atoms with Crippen molar-refractivity contribution >= 4 is 17.6 Å². The zero-order valence-corrected chi connectivity index (χ0v) is 15.8. The lowest BCUT2D eigenvalue weighted by Crippen LogP contribution is -2.38. The first kappa shape index (κ1) is 19.0. The number of aliphatic imine (C=N–C) groups is 1. The van der Waals surface area contributed by atoms with Gasteiger partial charge in [-0.15, -0.1) is 0 Å². The van der Waals surface area contributed by atoms with Gasteiger partial charge in [-0.25, -0.2) is 4.99 Å². The van der Waals surface area contributed by atoms with Gasteiger partial charge in [0, 0.05) is 38.1 Å². The summed E-state index contributed by atoms with van der Waals surface area (Å²) in [5.74, 6) is 1.33. The number of rotatable bonds is 6. The van der Waals surface area contributed by atoms with Gasteiger partial charge in [0.05, 0.1) is 25.2 Å². The number of aryl methyl sites for hydroxylation is 1. The number of hydrogen-bond acceptors (Lipinski definition) is 3. The highest BCUT2D eigenvalue weighted by Gasteiger charge is 2.11. The molecule has 0 aliphatic rings. The predicted molar refractivity (Wildman–Crippen MR) is 101 cm³/mol. The summed E-state index contributed by atoms with van der Waals surface area (Å²) in [6.07, 6.45) is 1.88. The molecule has 2 rings (SSSR count). The second kappa shape index (κ2) is 8.67. The number of nitrogens with one attached hydrogen (secondary N) is 1. The van der Waals surface area contributed by atoms with Crippen LogP contribution >= 0.6 is 11.6 Å². The number of benzene rings is 1. The lowest BCUT2D eigenvalue weighted by atomic mass is 10.2. The fraction of sp³-hybridized carbons (Fsp3) is 0.389. The smallest absolute Gasteiger partial charge is 0.194 e. The standard InChI is InChI=1S/C18H25ClN4O2/c1-5-20-18(23(3)12-15-9-14(19)11-22(15)2)21-10-13-7-6-8-16(25-4)17(13)24/h6-9,11,24H,5,10,12H2,1-4H3,(H,20,21). The summed E-state index contributed by atoms with van der Waals surface area (Å²) >= 11 is 6.05. The van der Waals surface area contributed by atoms with Crippen LogP contribution in [0.25, 0.3) is 0 Å². The number of nitrogens with zero attached hydrogens (tertiary/aromatic N) is 3. The van der Waals surface area contributed by atoms with Crippen molar-refractivity contribution in [1.82, 2.24) is 14.8 Å². The summed E-state index contributed by atoms with van der Waals surface area (Å²) in [6.45, 7) is 3.79. The largest absolute Gasteiger partial charge is 0.504 e. The number of methoxy groups -OCH3 is 1. The Kier molecular flexibility index (Phi) is 6.58. The van der Waals surface area contributed by atoms with E-state index in [9.17, 15) is 5.11 Å². The summed E-state index contributed by atoms with van der Waals surface area (Å²) in [6, 6.07) is 7.34. The van der Waals surface area contributed by atoms with E-state index < -0.39 is 0 Å². The molecule has 0 aliphatic carbocycles. The quantitative estimate of drug-likeness (QED) is 0.611. The lowest BCUT2D eigenvalue weighted by molar-refractivity contribution is 0.370. The molecule has 0 amide bonds. The monoisotopic (exact) mass is 364 g/mol. The van der Waals surface area contributed by atoms with Crippen molar-refractivity contribution in [2.75, 3.05) is 20.7 Å². The molecule has 7 heteroatoms. The number of aromatic nitrogens is 1. The van der Waals surface area contributed by atoms with Crippen LogP contribution in [0.4, 0.5) is 0 Å². The van der Waals surface area contributed by atoms with Gasteiger partial charge in [0.2, 0.25) is 0 Å². The topological polar surface area (TPSA) is 62.0 Å². The molecule has 1 aromatic heterocycles. The van der Waals surface area contributed by atoms with E-state index in [0.717, 1.165) is 18.2 Å². The Morgan fingerprint density at radius 1 is 1.44 bits per heavy atom. The molecule has 0 atom stereocenters. The van der Waals surface area contributed by atoms with Crippen LogP contribution in [-0.2, 0) is 20.1 Å². The van der Waals surface area contributed by atoms with E-state index >= 15 is 0 Å². The number of halogens is 1. The molecule has 0 fully saturated rings. The van der Waals surface area contributed by atoms with E-state index in [1.165, 1.54) is 7.11 Å². The van der Waals surface area contributed by atoms with Crippen molar-refractivity contribution in [3.8, 4) is 11.5 Å². The third-order valence-corrected chi connectivity index (χ3v) is 4.08. The van der Waals surface area contributed by atoms with Gasteiger partial charge < -0.3 is 24.6 Å². The fourth-order valence-electron chi connectivity index (χ4n) is 2.53.